The molecule has 13 heteroatoms. The van der Waals surface area contributed by atoms with Gasteiger partial charge in [-0.25, -0.2) is 0 Å². The molecule has 0 radical (unpaired) electrons. The molecule has 2 heterocycles. The van der Waals surface area contributed by atoms with Crippen LogP contribution in [-0.2, 0) is 17.5 Å². The molecule has 0 N–H and O–H groups in total. The summed E-state index contributed by atoms with van der Waals surface area (Å²) in [5, 5.41) is 7.44. The number of ether oxygens (including phenoxy) is 1. The number of benzene rings is 1. The summed E-state index contributed by atoms with van der Waals surface area (Å²) < 4.78 is 68.8. The van der Waals surface area contributed by atoms with Crippen molar-refractivity contribution in [2.75, 3.05) is 12.8 Å². The van der Waals surface area contributed by atoms with Crippen LogP contribution in [0.25, 0.3) is 5.65 Å². The molecule has 0 bridgehead atoms. The summed E-state index contributed by atoms with van der Waals surface area (Å²) in [4.78, 5) is 13.8. The Morgan fingerprint density at radius 2 is 1.94 bits per heavy atom. The fourth-order valence-corrected chi connectivity index (χ4v) is 3.66. The summed E-state index contributed by atoms with van der Waals surface area (Å²) >= 11 is 6.78. The summed E-state index contributed by atoms with van der Waals surface area (Å²) in [5.74, 6) is -0.441. The third-order valence-corrected chi connectivity index (χ3v) is 5.28. The van der Waals surface area contributed by atoms with Gasteiger partial charge in [-0.15, -0.1) is 10.2 Å². The second-order valence-corrected chi connectivity index (χ2v) is 7.66. The topological polar surface area (TPSA) is 59.7 Å². The maximum Gasteiger partial charge on any atom is 0.417 e. The minimum absolute atomic E-state index is 0.00106. The molecule has 0 saturated heterocycles. The largest absolute Gasteiger partial charge is 0.435 e. The van der Waals surface area contributed by atoms with E-state index in [4.69, 9.17) is 11.6 Å². The van der Waals surface area contributed by atoms with E-state index in [1.54, 1.807) is 12.1 Å². The number of halogens is 6. The normalized spacial score (nSPS) is 11.9. The Labute approximate surface area is 181 Å². The minimum atomic E-state index is -4.60. The maximum atomic E-state index is 13.0. The number of hydrogen-bond acceptors (Lipinski definition) is 5. The Hall–Kier alpha value is -2.60. The number of aromatic nitrogens is 3. The van der Waals surface area contributed by atoms with E-state index < -0.39 is 18.4 Å². The highest BCUT2D eigenvalue weighted by molar-refractivity contribution is 7.99. The lowest BCUT2D eigenvalue weighted by Gasteiger charge is -2.17. The van der Waals surface area contributed by atoms with E-state index in [2.05, 4.69) is 14.9 Å². The van der Waals surface area contributed by atoms with Crippen molar-refractivity contribution in [2.24, 2.45) is 0 Å². The van der Waals surface area contributed by atoms with Gasteiger partial charge in [0.1, 0.15) is 5.75 Å². The van der Waals surface area contributed by atoms with Crippen LogP contribution in [0.2, 0.25) is 5.02 Å². The molecule has 6 nitrogen and oxygen atoms in total. The molecule has 0 aliphatic carbocycles. The first-order valence-electron chi connectivity index (χ1n) is 8.56. The monoisotopic (exact) mass is 480 g/mol. The number of fused-ring (bicyclic) bond motifs is 1. The van der Waals surface area contributed by atoms with Crippen molar-refractivity contribution in [3.8, 4) is 5.75 Å². The number of carbonyl (C=O) groups excluding carboxylic acids is 1. The van der Waals surface area contributed by atoms with Crippen LogP contribution in [-0.4, -0.2) is 44.8 Å². The molecular weight excluding hydrogens is 467 g/mol. The van der Waals surface area contributed by atoms with Gasteiger partial charge in [0.25, 0.3) is 0 Å². The first kappa shape index (κ1) is 23.1. The van der Waals surface area contributed by atoms with Crippen molar-refractivity contribution in [3.63, 3.8) is 0 Å². The molecule has 3 aromatic rings. The third-order valence-electron chi connectivity index (χ3n) is 4.07. The molecule has 166 valence electrons. The summed E-state index contributed by atoms with van der Waals surface area (Å²) in [6.45, 7) is -2.73. The highest BCUT2D eigenvalue weighted by atomic mass is 35.5. The SMILES string of the molecule is CN(Cc1ccc(OC(F)F)cc1)C(=O)CSc1nnc2c(Cl)cc(C(F)(F)F)cn12. The van der Waals surface area contributed by atoms with Crippen molar-refractivity contribution >= 4 is 34.9 Å². The van der Waals surface area contributed by atoms with E-state index in [0.717, 1.165) is 28.4 Å². The lowest BCUT2D eigenvalue weighted by molar-refractivity contribution is -0.138. The number of amides is 1. The van der Waals surface area contributed by atoms with Gasteiger partial charge in [0, 0.05) is 19.8 Å². The molecule has 1 amide bonds. The summed E-state index contributed by atoms with van der Waals surface area (Å²) in [6, 6.07) is 6.57. The van der Waals surface area contributed by atoms with Crippen molar-refractivity contribution in [1.29, 1.82) is 0 Å². The molecule has 0 spiro atoms. The van der Waals surface area contributed by atoms with Gasteiger partial charge in [-0.2, -0.15) is 22.0 Å². The second kappa shape index (κ2) is 9.27. The lowest BCUT2D eigenvalue weighted by Crippen LogP contribution is -2.27. The highest BCUT2D eigenvalue weighted by Crippen LogP contribution is 2.33. The molecule has 31 heavy (non-hydrogen) atoms. The van der Waals surface area contributed by atoms with Gasteiger partial charge < -0.3 is 9.64 Å². The standard InChI is InChI=1S/C18H14ClF5N4O2S/c1-27(7-10-2-4-12(5-3-10)30-16(20)21)14(29)9-31-17-26-25-15-13(19)6-11(8-28(15)17)18(22,23)24/h2-6,8,16H,7,9H2,1H3. The van der Waals surface area contributed by atoms with Crippen LogP contribution in [0.3, 0.4) is 0 Å². The molecule has 0 aliphatic heterocycles. The van der Waals surface area contributed by atoms with Crippen molar-refractivity contribution in [1.82, 2.24) is 19.5 Å². The molecule has 0 atom stereocenters. The van der Waals surface area contributed by atoms with Crippen molar-refractivity contribution in [3.05, 3.63) is 52.7 Å². The Kier molecular flexibility index (Phi) is 6.90. The fourth-order valence-electron chi connectivity index (χ4n) is 2.56. The number of alkyl halides is 5. The smallest absolute Gasteiger partial charge is 0.417 e. The highest BCUT2D eigenvalue weighted by Gasteiger charge is 2.32. The number of nitrogens with zero attached hydrogens (tertiary/aromatic N) is 4. The number of rotatable bonds is 7. The van der Waals surface area contributed by atoms with Crippen LogP contribution in [0.1, 0.15) is 11.1 Å². The fraction of sp³-hybridized carbons (Fsp3) is 0.278. The van der Waals surface area contributed by atoms with Crippen LogP contribution in [0.15, 0.2) is 41.7 Å². The Morgan fingerprint density at radius 1 is 1.26 bits per heavy atom. The molecule has 0 aliphatic rings. The molecule has 1 aromatic carbocycles. The zero-order chi connectivity index (χ0) is 22.8. The zero-order valence-electron chi connectivity index (χ0n) is 15.7. The zero-order valence-corrected chi connectivity index (χ0v) is 17.3. The van der Waals surface area contributed by atoms with Gasteiger partial charge in [-0.3, -0.25) is 9.20 Å². The van der Waals surface area contributed by atoms with Crippen LogP contribution < -0.4 is 4.74 Å². The third kappa shape index (κ3) is 5.76. The first-order chi connectivity index (χ1) is 14.5. The summed E-state index contributed by atoms with van der Waals surface area (Å²) in [5.41, 5.74) is -0.240. The number of hydrogen-bond donors (Lipinski definition) is 0. The molecule has 0 saturated carbocycles. The van der Waals surface area contributed by atoms with Crippen molar-refractivity contribution in [2.45, 2.75) is 24.5 Å². The maximum absolute atomic E-state index is 13.0. The van der Waals surface area contributed by atoms with Crippen LogP contribution in [0, 0.1) is 0 Å². The molecule has 3 rings (SSSR count). The van der Waals surface area contributed by atoms with Crippen LogP contribution in [0.4, 0.5) is 22.0 Å². The number of carbonyl (C=O) groups is 1. The average molecular weight is 481 g/mol. The second-order valence-electron chi connectivity index (χ2n) is 6.31. The van der Waals surface area contributed by atoms with Gasteiger partial charge in [-0.05, 0) is 23.8 Å². The summed E-state index contributed by atoms with van der Waals surface area (Å²) in [7, 11) is 1.53. The molecule has 0 fully saturated rings. The minimum Gasteiger partial charge on any atom is -0.435 e. The first-order valence-corrected chi connectivity index (χ1v) is 9.93. The number of thioether (sulfide) groups is 1. The number of pyridine rings is 1. The Balaban J connectivity index is 1.65. The van der Waals surface area contributed by atoms with E-state index in [0.29, 0.717) is 5.56 Å². The molecule has 0 unspecified atom stereocenters. The van der Waals surface area contributed by atoms with Gasteiger partial charge in [0.2, 0.25) is 5.91 Å². The van der Waals surface area contributed by atoms with E-state index in [-0.39, 0.29) is 39.8 Å². The predicted molar refractivity (Wildman–Crippen MR) is 103 cm³/mol. The lowest BCUT2D eigenvalue weighted by atomic mass is 10.2. The molecule has 2 aromatic heterocycles. The van der Waals surface area contributed by atoms with E-state index in [1.165, 1.54) is 24.1 Å². The van der Waals surface area contributed by atoms with Crippen LogP contribution >= 0.6 is 23.4 Å². The molecular formula is C18H14ClF5N4O2S. The van der Waals surface area contributed by atoms with E-state index in [1.807, 2.05) is 0 Å². The Bertz CT molecular complexity index is 1080. The Morgan fingerprint density at radius 3 is 2.55 bits per heavy atom. The summed E-state index contributed by atoms with van der Waals surface area (Å²) in [6.07, 6.45) is -3.78. The van der Waals surface area contributed by atoms with E-state index >= 15 is 0 Å². The van der Waals surface area contributed by atoms with Crippen molar-refractivity contribution < 1.29 is 31.5 Å². The van der Waals surface area contributed by atoms with Gasteiger partial charge in [0.05, 0.1) is 16.3 Å². The predicted octanol–water partition coefficient (Wildman–Crippen LogP) is 4.75. The van der Waals surface area contributed by atoms with Gasteiger partial charge in [0.15, 0.2) is 10.8 Å². The van der Waals surface area contributed by atoms with Crippen LogP contribution in [0.5, 0.6) is 5.75 Å². The quantitative estimate of drug-likeness (QED) is 0.361. The van der Waals surface area contributed by atoms with Gasteiger partial charge >= 0.3 is 12.8 Å². The average Bonchev–Trinajstić information content (AvgIpc) is 3.10. The van der Waals surface area contributed by atoms with Gasteiger partial charge in [-0.1, -0.05) is 35.5 Å². The van der Waals surface area contributed by atoms with E-state index in [9.17, 15) is 26.7 Å².